The summed E-state index contributed by atoms with van der Waals surface area (Å²) in [5, 5.41) is 9.88. The molecule has 3 aromatic carbocycles. The molecule has 0 atom stereocenters. The van der Waals surface area contributed by atoms with Gasteiger partial charge in [0.25, 0.3) is 0 Å². The van der Waals surface area contributed by atoms with E-state index in [1.807, 2.05) is 24.3 Å². The summed E-state index contributed by atoms with van der Waals surface area (Å²) >= 11 is 1.75. The van der Waals surface area contributed by atoms with Crippen molar-refractivity contribution >= 4 is 28.4 Å². The second-order valence-electron chi connectivity index (χ2n) is 4.94. The average Bonchev–Trinajstić information content (AvgIpc) is 2.49. The fourth-order valence-electron chi connectivity index (χ4n) is 2.38. The number of hydrogen-bond donors (Lipinski definition) is 2. The van der Waals surface area contributed by atoms with E-state index in [9.17, 15) is 0 Å². The van der Waals surface area contributed by atoms with Crippen molar-refractivity contribution in [1.82, 2.24) is 0 Å². The minimum atomic E-state index is 0.110. The highest BCUT2D eigenvalue weighted by Gasteiger charge is 2.09. The van der Waals surface area contributed by atoms with Gasteiger partial charge < -0.3 is 5.73 Å². The molecule has 0 amide bonds. The van der Waals surface area contributed by atoms with E-state index in [0.717, 1.165) is 16.3 Å². The Morgan fingerprint density at radius 3 is 2.24 bits per heavy atom. The Morgan fingerprint density at radius 2 is 1.52 bits per heavy atom. The van der Waals surface area contributed by atoms with Gasteiger partial charge in [0.2, 0.25) is 0 Å². The number of nitrogens with two attached hydrogens (primary N) is 1. The van der Waals surface area contributed by atoms with Crippen LogP contribution in [0.2, 0.25) is 0 Å². The summed E-state index contributed by atoms with van der Waals surface area (Å²) in [5.74, 6) is 0.110. The van der Waals surface area contributed by atoms with Crippen LogP contribution < -0.4 is 5.73 Å². The lowest BCUT2D eigenvalue weighted by Gasteiger charge is -2.11. The quantitative estimate of drug-likeness (QED) is 0.548. The highest BCUT2D eigenvalue weighted by Crippen LogP contribution is 2.36. The Labute approximate surface area is 128 Å². The van der Waals surface area contributed by atoms with Gasteiger partial charge in [0.05, 0.1) is 0 Å². The van der Waals surface area contributed by atoms with Crippen molar-refractivity contribution in [3.63, 3.8) is 0 Å². The number of aryl methyl sites for hydroxylation is 1. The Bertz CT molecular complexity index is 824. The Kier molecular flexibility index (Phi) is 3.67. The van der Waals surface area contributed by atoms with Crippen molar-refractivity contribution in [2.75, 3.05) is 0 Å². The molecular weight excluding hydrogens is 276 g/mol. The maximum absolute atomic E-state index is 7.71. The van der Waals surface area contributed by atoms with Crippen LogP contribution in [0.25, 0.3) is 10.8 Å². The highest BCUT2D eigenvalue weighted by molar-refractivity contribution is 7.99. The molecule has 2 nitrogen and oxygen atoms in total. The van der Waals surface area contributed by atoms with Gasteiger partial charge in [0.1, 0.15) is 5.84 Å². The summed E-state index contributed by atoms with van der Waals surface area (Å²) in [4.78, 5) is 2.43. The van der Waals surface area contributed by atoms with E-state index in [4.69, 9.17) is 11.1 Å². The largest absolute Gasteiger partial charge is 0.384 e. The molecule has 3 aromatic rings. The standard InChI is InChI=1S/C18H16N2S/c1-12-6-2-5-9-16(12)21-17-11-10-15(18(19)20)13-7-3-4-8-14(13)17/h2-11H,1H3,(H3,19,20). The van der Waals surface area contributed by atoms with Crippen molar-refractivity contribution in [3.8, 4) is 0 Å². The van der Waals surface area contributed by atoms with Gasteiger partial charge in [-0.1, -0.05) is 54.2 Å². The first-order valence-corrected chi connectivity index (χ1v) is 7.58. The van der Waals surface area contributed by atoms with Crippen LogP contribution in [-0.4, -0.2) is 5.84 Å². The molecule has 3 heteroatoms. The highest BCUT2D eigenvalue weighted by atomic mass is 32.2. The molecule has 3 N–H and O–H groups in total. The van der Waals surface area contributed by atoms with E-state index >= 15 is 0 Å². The van der Waals surface area contributed by atoms with Crippen LogP contribution in [0.1, 0.15) is 11.1 Å². The SMILES string of the molecule is Cc1ccccc1Sc1ccc(C(=N)N)c2ccccc12. The summed E-state index contributed by atoms with van der Waals surface area (Å²) in [5.41, 5.74) is 7.74. The second-order valence-corrected chi connectivity index (χ2v) is 6.02. The topological polar surface area (TPSA) is 49.9 Å². The molecule has 0 bridgehead atoms. The molecule has 0 heterocycles. The van der Waals surface area contributed by atoms with Crippen molar-refractivity contribution < 1.29 is 0 Å². The van der Waals surface area contributed by atoms with Crippen LogP contribution in [0.15, 0.2) is 70.5 Å². The van der Waals surface area contributed by atoms with Gasteiger partial charge in [-0.15, -0.1) is 0 Å². The first-order valence-electron chi connectivity index (χ1n) is 6.76. The summed E-state index contributed by atoms with van der Waals surface area (Å²) in [6.45, 7) is 2.12. The van der Waals surface area contributed by atoms with Crippen LogP contribution in [-0.2, 0) is 0 Å². The van der Waals surface area contributed by atoms with Crippen LogP contribution in [0.4, 0.5) is 0 Å². The Hall–Kier alpha value is -2.26. The van der Waals surface area contributed by atoms with Crippen molar-refractivity contribution in [1.29, 1.82) is 5.41 Å². The zero-order valence-corrected chi connectivity index (χ0v) is 12.6. The first kappa shape index (κ1) is 13.7. The Morgan fingerprint density at radius 1 is 0.857 bits per heavy atom. The van der Waals surface area contributed by atoms with Crippen molar-refractivity contribution in [3.05, 3.63) is 71.8 Å². The third-order valence-electron chi connectivity index (χ3n) is 3.49. The van der Waals surface area contributed by atoms with E-state index in [0.29, 0.717) is 0 Å². The molecular formula is C18H16N2S. The molecule has 0 spiro atoms. The molecule has 0 aromatic heterocycles. The van der Waals surface area contributed by atoms with Crippen LogP contribution >= 0.6 is 11.8 Å². The van der Waals surface area contributed by atoms with Crippen molar-refractivity contribution in [2.45, 2.75) is 16.7 Å². The van der Waals surface area contributed by atoms with E-state index in [-0.39, 0.29) is 5.84 Å². The number of nitrogens with one attached hydrogen (secondary N) is 1. The average molecular weight is 292 g/mol. The summed E-state index contributed by atoms with van der Waals surface area (Å²) in [6.07, 6.45) is 0. The van der Waals surface area contributed by atoms with E-state index in [1.54, 1.807) is 11.8 Å². The Balaban J connectivity index is 2.14. The van der Waals surface area contributed by atoms with E-state index in [1.165, 1.54) is 15.4 Å². The summed E-state index contributed by atoms with van der Waals surface area (Å²) in [6, 6.07) is 20.5. The molecule has 0 aliphatic heterocycles. The molecule has 104 valence electrons. The number of benzene rings is 3. The minimum Gasteiger partial charge on any atom is -0.384 e. The van der Waals surface area contributed by atoms with E-state index in [2.05, 4.69) is 43.3 Å². The molecule has 0 saturated heterocycles. The van der Waals surface area contributed by atoms with Gasteiger partial charge in [0.15, 0.2) is 0 Å². The lowest BCUT2D eigenvalue weighted by Crippen LogP contribution is -2.11. The van der Waals surface area contributed by atoms with Gasteiger partial charge in [-0.2, -0.15) is 0 Å². The van der Waals surface area contributed by atoms with Gasteiger partial charge in [-0.05, 0) is 41.5 Å². The van der Waals surface area contributed by atoms with Gasteiger partial charge in [0, 0.05) is 15.4 Å². The normalized spacial score (nSPS) is 10.7. The fourth-order valence-corrected chi connectivity index (χ4v) is 3.42. The third-order valence-corrected chi connectivity index (χ3v) is 4.74. The second kappa shape index (κ2) is 5.62. The maximum atomic E-state index is 7.71. The summed E-state index contributed by atoms with van der Waals surface area (Å²) in [7, 11) is 0. The molecule has 0 radical (unpaired) electrons. The zero-order chi connectivity index (χ0) is 14.8. The van der Waals surface area contributed by atoms with Crippen LogP contribution in [0.5, 0.6) is 0 Å². The number of nitrogen functional groups attached to an aromatic ring is 1. The number of hydrogen-bond acceptors (Lipinski definition) is 2. The minimum absolute atomic E-state index is 0.110. The maximum Gasteiger partial charge on any atom is 0.123 e. The van der Waals surface area contributed by atoms with Crippen molar-refractivity contribution in [2.24, 2.45) is 5.73 Å². The fraction of sp³-hybridized carbons (Fsp3) is 0.0556. The zero-order valence-electron chi connectivity index (χ0n) is 11.8. The smallest absolute Gasteiger partial charge is 0.123 e. The molecule has 0 fully saturated rings. The summed E-state index contributed by atoms with van der Waals surface area (Å²) < 4.78 is 0. The van der Waals surface area contributed by atoms with E-state index < -0.39 is 0 Å². The lowest BCUT2D eigenvalue weighted by molar-refractivity contribution is 1.30. The predicted octanol–water partition coefficient (Wildman–Crippen LogP) is 4.58. The van der Waals surface area contributed by atoms with Crippen LogP contribution in [0.3, 0.4) is 0 Å². The molecule has 0 saturated carbocycles. The molecule has 0 aliphatic rings. The molecule has 0 aliphatic carbocycles. The van der Waals surface area contributed by atoms with Crippen LogP contribution in [0, 0.1) is 12.3 Å². The molecule has 21 heavy (non-hydrogen) atoms. The number of amidine groups is 1. The lowest BCUT2D eigenvalue weighted by atomic mass is 10.0. The third kappa shape index (κ3) is 2.65. The first-order chi connectivity index (χ1) is 10.2. The monoisotopic (exact) mass is 292 g/mol. The molecule has 3 rings (SSSR count). The van der Waals surface area contributed by atoms with Gasteiger partial charge >= 0.3 is 0 Å². The van der Waals surface area contributed by atoms with Gasteiger partial charge in [-0.3, -0.25) is 5.41 Å². The van der Waals surface area contributed by atoms with Gasteiger partial charge in [-0.25, -0.2) is 0 Å². The predicted molar refractivity (Wildman–Crippen MR) is 90.3 cm³/mol. The number of fused-ring (bicyclic) bond motifs is 1. The molecule has 0 unspecified atom stereocenters. The number of rotatable bonds is 3.